The summed E-state index contributed by atoms with van der Waals surface area (Å²) in [4.78, 5) is 14.1. The van der Waals surface area contributed by atoms with E-state index in [4.69, 9.17) is 4.74 Å². The molecule has 0 radical (unpaired) electrons. The Labute approximate surface area is 126 Å². The van der Waals surface area contributed by atoms with E-state index in [0.717, 1.165) is 19.5 Å². The van der Waals surface area contributed by atoms with Gasteiger partial charge < -0.3 is 4.74 Å². The monoisotopic (exact) mass is 285 g/mol. The SMILES string of the molecule is COC(=O)C(C)N(Cc1ccccc1)CC1C=CC=CC1. The predicted octanol–water partition coefficient (Wildman–Crippen LogP) is 3.18. The lowest BCUT2D eigenvalue weighted by atomic mass is 9.99. The largest absolute Gasteiger partial charge is 0.468 e. The van der Waals surface area contributed by atoms with Gasteiger partial charge in [-0.15, -0.1) is 0 Å². The molecule has 0 bridgehead atoms. The van der Waals surface area contributed by atoms with E-state index in [9.17, 15) is 4.79 Å². The number of hydrogen-bond donors (Lipinski definition) is 0. The molecule has 0 aliphatic heterocycles. The van der Waals surface area contributed by atoms with Crippen LogP contribution in [-0.2, 0) is 16.1 Å². The van der Waals surface area contributed by atoms with Crippen molar-refractivity contribution in [2.45, 2.75) is 25.9 Å². The van der Waals surface area contributed by atoms with Gasteiger partial charge in [-0.1, -0.05) is 54.6 Å². The van der Waals surface area contributed by atoms with Gasteiger partial charge in [-0.25, -0.2) is 0 Å². The highest BCUT2D eigenvalue weighted by Crippen LogP contribution is 2.17. The van der Waals surface area contributed by atoms with Gasteiger partial charge in [-0.2, -0.15) is 0 Å². The zero-order valence-corrected chi connectivity index (χ0v) is 12.7. The molecule has 0 aromatic heterocycles. The van der Waals surface area contributed by atoms with Crippen molar-refractivity contribution in [1.29, 1.82) is 0 Å². The topological polar surface area (TPSA) is 29.5 Å². The summed E-state index contributed by atoms with van der Waals surface area (Å²) >= 11 is 0. The van der Waals surface area contributed by atoms with Gasteiger partial charge in [-0.05, 0) is 24.8 Å². The van der Waals surface area contributed by atoms with Gasteiger partial charge in [0.25, 0.3) is 0 Å². The summed E-state index contributed by atoms with van der Waals surface area (Å²) in [6.07, 6.45) is 9.56. The zero-order chi connectivity index (χ0) is 15.1. The molecule has 3 heteroatoms. The van der Waals surface area contributed by atoms with Gasteiger partial charge in [0.05, 0.1) is 7.11 Å². The Balaban J connectivity index is 2.07. The number of carbonyl (C=O) groups excluding carboxylic acids is 1. The van der Waals surface area contributed by atoms with Crippen LogP contribution in [0.4, 0.5) is 0 Å². The van der Waals surface area contributed by atoms with E-state index < -0.39 is 0 Å². The summed E-state index contributed by atoms with van der Waals surface area (Å²) in [5, 5.41) is 0. The molecule has 3 nitrogen and oxygen atoms in total. The fourth-order valence-corrected chi connectivity index (χ4v) is 2.57. The molecule has 2 atom stereocenters. The number of rotatable bonds is 6. The lowest BCUT2D eigenvalue weighted by Gasteiger charge is -2.30. The Bertz CT molecular complexity index is 507. The Hall–Kier alpha value is -1.87. The van der Waals surface area contributed by atoms with Gasteiger partial charge in [0.15, 0.2) is 0 Å². The van der Waals surface area contributed by atoms with Crippen molar-refractivity contribution in [2.24, 2.45) is 5.92 Å². The molecule has 0 fully saturated rings. The molecule has 2 unspecified atom stereocenters. The second-order valence-corrected chi connectivity index (χ2v) is 5.42. The summed E-state index contributed by atoms with van der Waals surface area (Å²) in [7, 11) is 1.45. The Morgan fingerprint density at radius 2 is 2.10 bits per heavy atom. The predicted molar refractivity (Wildman–Crippen MR) is 84.7 cm³/mol. The Kier molecular flexibility index (Phi) is 5.76. The maximum Gasteiger partial charge on any atom is 0.322 e. The first-order chi connectivity index (χ1) is 10.2. The number of benzene rings is 1. The molecule has 112 valence electrons. The molecule has 0 saturated carbocycles. The van der Waals surface area contributed by atoms with Crippen LogP contribution in [0.25, 0.3) is 0 Å². The minimum absolute atomic E-state index is 0.179. The third kappa shape index (κ3) is 4.57. The third-order valence-corrected chi connectivity index (χ3v) is 3.86. The van der Waals surface area contributed by atoms with E-state index in [0.29, 0.717) is 5.92 Å². The highest BCUT2D eigenvalue weighted by Gasteiger charge is 2.24. The van der Waals surface area contributed by atoms with E-state index in [1.165, 1.54) is 12.7 Å². The molecule has 0 saturated heterocycles. The molecule has 21 heavy (non-hydrogen) atoms. The number of esters is 1. The van der Waals surface area contributed by atoms with Gasteiger partial charge in [0.2, 0.25) is 0 Å². The number of hydrogen-bond acceptors (Lipinski definition) is 3. The van der Waals surface area contributed by atoms with E-state index in [1.807, 2.05) is 25.1 Å². The quantitative estimate of drug-likeness (QED) is 0.752. The summed E-state index contributed by atoms with van der Waals surface area (Å²) in [6.45, 7) is 3.52. The van der Waals surface area contributed by atoms with Crippen LogP contribution >= 0.6 is 0 Å². The Morgan fingerprint density at radius 3 is 2.71 bits per heavy atom. The molecule has 1 aromatic rings. The second kappa shape index (κ2) is 7.79. The fraction of sp³-hybridized carbons (Fsp3) is 0.389. The van der Waals surface area contributed by atoms with Crippen LogP contribution in [0.3, 0.4) is 0 Å². The van der Waals surface area contributed by atoms with E-state index in [1.54, 1.807) is 0 Å². The molecule has 0 spiro atoms. The van der Waals surface area contributed by atoms with Gasteiger partial charge >= 0.3 is 5.97 Å². The first-order valence-electron chi connectivity index (χ1n) is 7.40. The lowest BCUT2D eigenvalue weighted by Crippen LogP contribution is -2.41. The van der Waals surface area contributed by atoms with E-state index >= 15 is 0 Å². The molecule has 0 amide bonds. The van der Waals surface area contributed by atoms with Crippen LogP contribution in [0.2, 0.25) is 0 Å². The van der Waals surface area contributed by atoms with Crippen molar-refractivity contribution in [3.8, 4) is 0 Å². The zero-order valence-electron chi connectivity index (χ0n) is 12.7. The van der Waals surface area contributed by atoms with E-state index in [2.05, 4.69) is 41.3 Å². The molecule has 1 aliphatic rings. The summed E-state index contributed by atoms with van der Waals surface area (Å²) in [5.41, 5.74) is 1.21. The average molecular weight is 285 g/mol. The summed E-state index contributed by atoms with van der Waals surface area (Å²) in [5.74, 6) is 0.270. The maximum absolute atomic E-state index is 11.9. The average Bonchev–Trinajstić information content (AvgIpc) is 2.54. The maximum atomic E-state index is 11.9. The summed E-state index contributed by atoms with van der Waals surface area (Å²) in [6, 6.07) is 10.0. The molecular weight excluding hydrogens is 262 g/mol. The first kappa shape index (κ1) is 15.5. The second-order valence-electron chi connectivity index (χ2n) is 5.42. The van der Waals surface area contributed by atoms with Gasteiger partial charge in [0, 0.05) is 13.1 Å². The fourth-order valence-electron chi connectivity index (χ4n) is 2.57. The highest BCUT2D eigenvalue weighted by molar-refractivity contribution is 5.75. The Morgan fingerprint density at radius 1 is 1.33 bits per heavy atom. The number of nitrogens with zero attached hydrogens (tertiary/aromatic N) is 1. The van der Waals surface area contributed by atoms with Crippen molar-refractivity contribution < 1.29 is 9.53 Å². The van der Waals surface area contributed by atoms with Crippen LogP contribution in [-0.4, -0.2) is 30.6 Å². The molecular formula is C18H23NO2. The standard InChI is InChI=1S/C18H23NO2/c1-15(18(20)21-2)19(13-16-9-5-3-6-10-16)14-17-11-7-4-8-12-17/h3-11,15,17H,12-14H2,1-2H3. The minimum atomic E-state index is -0.241. The molecule has 1 aliphatic carbocycles. The lowest BCUT2D eigenvalue weighted by molar-refractivity contribution is -0.146. The normalized spacial score (nSPS) is 18.7. The number of ether oxygens (including phenoxy) is 1. The number of allylic oxidation sites excluding steroid dienone is 3. The van der Waals surface area contributed by atoms with Gasteiger partial charge in [0.1, 0.15) is 6.04 Å². The van der Waals surface area contributed by atoms with Gasteiger partial charge in [-0.3, -0.25) is 9.69 Å². The minimum Gasteiger partial charge on any atom is -0.468 e. The van der Waals surface area contributed by atoms with Crippen LogP contribution in [0.15, 0.2) is 54.6 Å². The van der Waals surface area contributed by atoms with Crippen molar-refractivity contribution in [3.63, 3.8) is 0 Å². The summed E-state index contributed by atoms with van der Waals surface area (Å²) < 4.78 is 4.91. The number of carbonyl (C=O) groups is 1. The van der Waals surface area contributed by atoms with Crippen molar-refractivity contribution in [2.75, 3.05) is 13.7 Å². The van der Waals surface area contributed by atoms with Crippen molar-refractivity contribution in [3.05, 3.63) is 60.2 Å². The van der Waals surface area contributed by atoms with Crippen LogP contribution in [0.1, 0.15) is 18.9 Å². The smallest absolute Gasteiger partial charge is 0.322 e. The van der Waals surface area contributed by atoms with Crippen molar-refractivity contribution in [1.82, 2.24) is 4.90 Å². The van der Waals surface area contributed by atoms with Crippen LogP contribution in [0.5, 0.6) is 0 Å². The molecule has 0 heterocycles. The number of methoxy groups -OCH3 is 1. The third-order valence-electron chi connectivity index (χ3n) is 3.86. The van der Waals surface area contributed by atoms with Crippen molar-refractivity contribution >= 4 is 5.97 Å². The first-order valence-corrected chi connectivity index (χ1v) is 7.40. The highest BCUT2D eigenvalue weighted by atomic mass is 16.5. The molecule has 2 rings (SSSR count). The van der Waals surface area contributed by atoms with Crippen LogP contribution in [0, 0.1) is 5.92 Å². The van der Waals surface area contributed by atoms with Crippen LogP contribution < -0.4 is 0 Å². The molecule has 1 aromatic carbocycles. The van der Waals surface area contributed by atoms with E-state index in [-0.39, 0.29) is 12.0 Å². The molecule has 0 N–H and O–H groups in total.